The van der Waals surface area contributed by atoms with Crippen molar-refractivity contribution < 1.29 is 57.0 Å². The van der Waals surface area contributed by atoms with E-state index in [1.807, 2.05) is 0 Å². The Morgan fingerprint density at radius 2 is 0.300 bits per heavy atom. The Morgan fingerprint density at radius 1 is 0.300 bits per heavy atom. The second-order valence-electron chi connectivity index (χ2n) is 0. The molecular weight excluding hydrogens is 432 g/mol. The molecule has 0 unspecified atom stereocenters. The largest absolute Gasteiger partial charge is 2.00 e. The smallest absolute Gasteiger partial charge is 1.00 e. The van der Waals surface area contributed by atoms with E-state index in [9.17, 15) is 0 Å². The Balaban J connectivity index is 0. The normalized spacial score (nSPS) is 0. The minimum Gasteiger partial charge on any atom is -1.00 e. The van der Waals surface area contributed by atoms with Gasteiger partial charge in [-0.3, -0.25) is 0 Å². The van der Waals surface area contributed by atoms with Crippen molar-refractivity contribution in [1.82, 2.24) is 0 Å². The molecule has 0 rings (SSSR count). The molecule has 0 aliphatic carbocycles. The molecule has 0 amide bonds. The molecule has 0 heterocycles. The summed E-state index contributed by atoms with van der Waals surface area (Å²) in [6.07, 6.45) is 0. The van der Waals surface area contributed by atoms with Gasteiger partial charge in [-0.2, -0.15) is 0 Å². The minimum atomic E-state index is 0. The standard InChI is InChI=1S/8Ca.2Fe.16H/q8*+2;;;16*-1. The Morgan fingerprint density at radius 3 is 0.300 bits per heavy atom. The first-order valence-electron chi connectivity index (χ1n) is 0. The van der Waals surface area contributed by atoms with Crippen molar-refractivity contribution >= 4 is 302 Å². The topological polar surface area (TPSA) is 0 Å². The van der Waals surface area contributed by atoms with Crippen molar-refractivity contribution in [1.29, 1.82) is 0 Å². The zero-order valence-electron chi connectivity index (χ0n) is 22.4. The second kappa shape index (κ2) is 59.5. The summed E-state index contributed by atoms with van der Waals surface area (Å²) in [5.74, 6) is 0. The van der Waals surface area contributed by atoms with Crippen molar-refractivity contribution in [3.63, 3.8) is 0 Å². The van der Waals surface area contributed by atoms with E-state index in [1.165, 1.54) is 0 Å². The zero-order valence-corrected chi connectivity index (χ0v) is 26.2. The van der Waals surface area contributed by atoms with E-state index >= 15 is 0 Å². The maximum atomic E-state index is 0. The predicted molar refractivity (Wildman–Crippen MR) is 63.8 cm³/mol. The first-order chi connectivity index (χ1) is 0. The average Bonchev–Trinajstić information content (AvgIpc) is 0. The second-order valence-corrected chi connectivity index (χ2v) is 0. The number of rotatable bonds is 0. The number of hydrogen-bond acceptors (Lipinski definition) is 0. The molecule has 0 aliphatic rings. The fraction of sp³-hybridized carbons (Fsp3) is 0. The van der Waals surface area contributed by atoms with Crippen LogP contribution in [0.3, 0.4) is 0 Å². The van der Waals surface area contributed by atoms with Crippen LogP contribution in [0.1, 0.15) is 22.8 Å². The Bertz CT molecular complexity index is 32.2. The molecule has 10 heavy (non-hydrogen) atoms. The van der Waals surface area contributed by atoms with Crippen molar-refractivity contribution in [2.75, 3.05) is 0 Å². The van der Waals surface area contributed by atoms with Crippen LogP contribution in [0.2, 0.25) is 0 Å². The van der Waals surface area contributed by atoms with Crippen LogP contribution >= 0.6 is 0 Å². The molecule has 0 nitrogen and oxygen atoms in total. The van der Waals surface area contributed by atoms with E-state index in [0.29, 0.717) is 0 Å². The predicted octanol–water partition coefficient (Wildman–Crippen LogP) is -1.25. The molecule has 48 valence electrons. The molecule has 0 aliphatic heterocycles. The number of hydrogen-bond donors (Lipinski definition) is 0. The molecule has 10 heteroatoms. The van der Waals surface area contributed by atoms with Crippen molar-refractivity contribution in [2.45, 2.75) is 0 Å². The maximum absolute atomic E-state index is 0. The van der Waals surface area contributed by atoms with Crippen LogP contribution in [0.5, 0.6) is 0 Å². The monoisotopic (exact) mass is 448 g/mol. The van der Waals surface area contributed by atoms with Gasteiger partial charge in [-0.05, 0) is 0 Å². The zero-order chi connectivity index (χ0) is 0. The third kappa shape index (κ3) is 50.8. The molecule has 0 spiro atoms. The van der Waals surface area contributed by atoms with E-state index in [4.69, 9.17) is 0 Å². The fourth-order valence-electron chi connectivity index (χ4n) is 0. The molecule has 0 saturated heterocycles. The van der Waals surface area contributed by atoms with E-state index in [-0.39, 0.29) is 359 Å². The summed E-state index contributed by atoms with van der Waals surface area (Å²) in [5.41, 5.74) is 0. The summed E-state index contributed by atoms with van der Waals surface area (Å²) in [7, 11) is 0. The van der Waals surface area contributed by atoms with Gasteiger partial charge in [-0.15, -0.1) is 0 Å². The fourth-order valence-corrected chi connectivity index (χ4v) is 0. The van der Waals surface area contributed by atoms with Gasteiger partial charge < -0.3 is 22.8 Å². The van der Waals surface area contributed by atoms with E-state index in [0.717, 1.165) is 0 Å². The van der Waals surface area contributed by atoms with Crippen molar-refractivity contribution in [3.05, 3.63) is 0 Å². The average molecular weight is 448 g/mol. The van der Waals surface area contributed by atoms with Gasteiger partial charge in [0.05, 0.1) is 0 Å². The molecular formula is H16Ca8Fe2. The van der Waals surface area contributed by atoms with Crippen LogP contribution in [0.25, 0.3) is 0 Å². The van der Waals surface area contributed by atoms with E-state index in [2.05, 4.69) is 0 Å². The maximum Gasteiger partial charge on any atom is 2.00 e. The van der Waals surface area contributed by atoms with Crippen LogP contribution in [-0.2, 0) is 34.1 Å². The quantitative estimate of drug-likeness (QED) is 0.407. The Labute approximate surface area is 347 Å². The minimum absolute atomic E-state index is 0. The van der Waals surface area contributed by atoms with E-state index in [1.54, 1.807) is 0 Å². The first kappa shape index (κ1) is 69.1. The Kier molecular flexibility index (Phi) is 411. The van der Waals surface area contributed by atoms with Crippen LogP contribution < -0.4 is 0 Å². The molecule has 0 atom stereocenters. The van der Waals surface area contributed by atoms with Gasteiger partial charge in [-0.25, -0.2) is 0 Å². The van der Waals surface area contributed by atoms with Crippen LogP contribution in [-0.4, -0.2) is 302 Å². The molecule has 0 fully saturated rings. The molecule has 0 aromatic heterocycles. The molecule has 0 bridgehead atoms. The van der Waals surface area contributed by atoms with Gasteiger partial charge in [0.15, 0.2) is 0 Å². The SMILES string of the molecule is [Ca+2].[Ca+2].[Ca+2].[Ca+2].[Ca+2].[Ca+2].[Ca+2].[Ca+2].[Fe].[Fe].[H-].[H-].[H-].[H-].[H-].[H-].[H-].[H-].[H-].[H-].[H-].[H-].[H-].[H-].[H-].[H-]. The van der Waals surface area contributed by atoms with Gasteiger partial charge in [0.25, 0.3) is 0 Å². The molecule has 0 aromatic rings. The van der Waals surface area contributed by atoms with Crippen molar-refractivity contribution in [2.24, 2.45) is 0 Å². The Hall–Kier alpha value is 11.1. The van der Waals surface area contributed by atoms with Gasteiger partial charge in [0.2, 0.25) is 0 Å². The van der Waals surface area contributed by atoms with Crippen LogP contribution in [0.4, 0.5) is 0 Å². The molecule has 0 N–H and O–H groups in total. The van der Waals surface area contributed by atoms with Gasteiger partial charge in [0, 0.05) is 34.1 Å². The summed E-state index contributed by atoms with van der Waals surface area (Å²) in [6, 6.07) is 0. The van der Waals surface area contributed by atoms with Gasteiger partial charge >= 0.3 is 302 Å². The van der Waals surface area contributed by atoms with Gasteiger partial charge in [0.1, 0.15) is 0 Å². The molecule has 0 saturated carbocycles. The molecule has 0 radical (unpaired) electrons. The molecule has 0 aromatic carbocycles. The summed E-state index contributed by atoms with van der Waals surface area (Å²) in [5, 5.41) is 0. The summed E-state index contributed by atoms with van der Waals surface area (Å²) < 4.78 is 0. The third-order valence-electron chi connectivity index (χ3n) is 0. The van der Waals surface area contributed by atoms with Crippen molar-refractivity contribution in [3.8, 4) is 0 Å². The summed E-state index contributed by atoms with van der Waals surface area (Å²) in [6.45, 7) is 0. The summed E-state index contributed by atoms with van der Waals surface area (Å²) in [4.78, 5) is 0. The van der Waals surface area contributed by atoms with Crippen LogP contribution in [0.15, 0.2) is 0 Å². The van der Waals surface area contributed by atoms with Crippen LogP contribution in [0, 0.1) is 0 Å². The van der Waals surface area contributed by atoms with E-state index < -0.39 is 0 Å². The summed E-state index contributed by atoms with van der Waals surface area (Å²) >= 11 is 0. The first-order valence-corrected chi connectivity index (χ1v) is 0. The van der Waals surface area contributed by atoms with Gasteiger partial charge in [-0.1, -0.05) is 0 Å². The third-order valence-corrected chi connectivity index (χ3v) is 0.